The fraction of sp³-hybridized carbons (Fsp3) is 0.235. The molecule has 0 saturated carbocycles. The SMILES string of the molecule is CCC(C)NC(=O)C(C)N(Cc1ccccc1)C(=O)CN(c1ccc(Oc2ccccc2)cc1)S(=O)(=O)c1ccccc1. The summed E-state index contributed by atoms with van der Waals surface area (Å²) in [7, 11) is -4.15. The molecule has 4 aromatic carbocycles. The van der Waals surface area contributed by atoms with Crippen molar-refractivity contribution in [2.75, 3.05) is 10.8 Å². The summed E-state index contributed by atoms with van der Waals surface area (Å²) in [6.45, 7) is 5.14. The van der Waals surface area contributed by atoms with Crippen LogP contribution in [0, 0.1) is 0 Å². The molecule has 0 spiro atoms. The molecule has 0 fully saturated rings. The third-order valence-electron chi connectivity index (χ3n) is 7.08. The zero-order chi connectivity index (χ0) is 30.8. The molecular formula is C34H37N3O5S. The molecule has 0 radical (unpaired) electrons. The van der Waals surface area contributed by atoms with Crippen molar-refractivity contribution >= 4 is 27.5 Å². The molecule has 9 heteroatoms. The van der Waals surface area contributed by atoms with Crippen LogP contribution in [0.5, 0.6) is 11.5 Å². The summed E-state index contributed by atoms with van der Waals surface area (Å²) in [5, 5.41) is 2.94. The summed E-state index contributed by atoms with van der Waals surface area (Å²) in [5.41, 5.74) is 1.10. The summed E-state index contributed by atoms with van der Waals surface area (Å²) in [4.78, 5) is 28.7. The monoisotopic (exact) mass is 599 g/mol. The van der Waals surface area contributed by atoms with Crippen LogP contribution in [0.4, 0.5) is 5.69 Å². The normalized spacial score (nSPS) is 12.5. The first-order valence-corrected chi connectivity index (χ1v) is 15.7. The Kier molecular flexibility index (Phi) is 10.6. The van der Waals surface area contributed by atoms with E-state index in [0.29, 0.717) is 11.5 Å². The lowest BCUT2D eigenvalue weighted by Gasteiger charge is -2.32. The van der Waals surface area contributed by atoms with Crippen LogP contribution in [-0.2, 0) is 26.2 Å². The predicted molar refractivity (Wildman–Crippen MR) is 168 cm³/mol. The smallest absolute Gasteiger partial charge is 0.264 e. The van der Waals surface area contributed by atoms with E-state index >= 15 is 0 Å². The van der Waals surface area contributed by atoms with E-state index in [4.69, 9.17) is 4.74 Å². The van der Waals surface area contributed by atoms with Crippen molar-refractivity contribution in [1.29, 1.82) is 0 Å². The molecule has 224 valence electrons. The lowest BCUT2D eigenvalue weighted by atomic mass is 10.1. The fourth-order valence-electron chi connectivity index (χ4n) is 4.38. The van der Waals surface area contributed by atoms with Gasteiger partial charge in [-0.3, -0.25) is 13.9 Å². The van der Waals surface area contributed by atoms with Gasteiger partial charge in [0.15, 0.2) is 0 Å². The van der Waals surface area contributed by atoms with Gasteiger partial charge < -0.3 is 15.0 Å². The van der Waals surface area contributed by atoms with Gasteiger partial charge in [0.25, 0.3) is 10.0 Å². The number of carbonyl (C=O) groups is 2. The lowest BCUT2D eigenvalue weighted by Crippen LogP contribution is -2.52. The van der Waals surface area contributed by atoms with E-state index < -0.39 is 28.5 Å². The van der Waals surface area contributed by atoms with Gasteiger partial charge in [0, 0.05) is 12.6 Å². The van der Waals surface area contributed by atoms with E-state index in [2.05, 4.69) is 5.32 Å². The van der Waals surface area contributed by atoms with Crippen molar-refractivity contribution in [3.8, 4) is 11.5 Å². The van der Waals surface area contributed by atoms with Gasteiger partial charge in [0.1, 0.15) is 24.1 Å². The Bertz CT molecular complexity index is 1580. The second-order valence-electron chi connectivity index (χ2n) is 10.2. The van der Waals surface area contributed by atoms with Crippen LogP contribution in [0.15, 0.2) is 120 Å². The second kappa shape index (κ2) is 14.5. The fourth-order valence-corrected chi connectivity index (χ4v) is 5.82. The van der Waals surface area contributed by atoms with Gasteiger partial charge >= 0.3 is 0 Å². The highest BCUT2D eigenvalue weighted by Crippen LogP contribution is 2.28. The number of sulfonamides is 1. The predicted octanol–water partition coefficient (Wildman–Crippen LogP) is 6.01. The highest BCUT2D eigenvalue weighted by Gasteiger charge is 2.32. The van der Waals surface area contributed by atoms with Gasteiger partial charge in [-0.05, 0) is 74.4 Å². The Morgan fingerprint density at radius 1 is 0.767 bits per heavy atom. The number of hydrogen-bond donors (Lipinski definition) is 1. The van der Waals surface area contributed by atoms with Crippen LogP contribution in [0.25, 0.3) is 0 Å². The van der Waals surface area contributed by atoms with Gasteiger partial charge in [0.05, 0.1) is 10.6 Å². The molecule has 0 aromatic heterocycles. The lowest BCUT2D eigenvalue weighted by molar-refractivity contribution is -0.139. The number of amides is 2. The van der Waals surface area contributed by atoms with Gasteiger partial charge in [0.2, 0.25) is 11.8 Å². The molecule has 1 N–H and O–H groups in total. The van der Waals surface area contributed by atoms with Crippen molar-refractivity contribution in [2.24, 2.45) is 0 Å². The number of nitrogens with zero attached hydrogens (tertiary/aromatic N) is 2. The molecule has 0 saturated heterocycles. The first-order valence-electron chi connectivity index (χ1n) is 14.2. The molecule has 4 aromatic rings. The van der Waals surface area contributed by atoms with Crippen molar-refractivity contribution in [3.05, 3.63) is 121 Å². The molecule has 2 amide bonds. The zero-order valence-corrected chi connectivity index (χ0v) is 25.4. The number of benzene rings is 4. The van der Waals surface area contributed by atoms with Crippen LogP contribution in [0.2, 0.25) is 0 Å². The van der Waals surface area contributed by atoms with Gasteiger partial charge in [-0.1, -0.05) is 73.7 Å². The summed E-state index contributed by atoms with van der Waals surface area (Å²) in [6, 6.07) is 32.1. The maximum Gasteiger partial charge on any atom is 0.264 e. The summed E-state index contributed by atoms with van der Waals surface area (Å²) < 4.78 is 34.9. The Hall–Kier alpha value is -4.63. The van der Waals surface area contributed by atoms with Gasteiger partial charge in [-0.25, -0.2) is 8.42 Å². The number of nitrogens with one attached hydrogen (secondary N) is 1. The summed E-state index contributed by atoms with van der Waals surface area (Å²) in [6.07, 6.45) is 0.734. The van der Waals surface area contributed by atoms with Crippen LogP contribution in [0.3, 0.4) is 0 Å². The van der Waals surface area contributed by atoms with E-state index in [1.165, 1.54) is 17.0 Å². The molecule has 4 rings (SSSR count). The molecule has 0 bridgehead atoms. The number of carbonyl (C=O) groups excluding carboxylic acids is 2. The largest absolute Gasteiger partial charge is 0.457 e. The molecule has 0 heterocycles. The average molecular weight is 600 g/mol. The first-order chi connectivity index (χ1) is 20.7. The van der Waals surface area contributed by atoms with Crippen molar-refractivity contribution in [1.82, 2.24) is 10.2 Å². The molecule has 0 aliphatic heterocycles. The average Bonchev–Trinajstić information content (AvgIpc) is 3.03. The first kappa shape index (κ1) is 31.3. The highest BCUT2D eigenvalue weighted by molar-refractivity contribution is 7.92. The van der Waals surface area contributed by atoms with Gasteiger partial charge in [-0.15, -0.1) is 0 Å². The molecule has 2 unspecified atom stereocenters. The molecule has 2 atom stereocenters. The van der Waals surface area contributed by atoms with E-state index in [-0.39, 0.29) is 29.1 Å². The minimum Gasteiger partial charge on any atom is -0.457 e. The maximum atomic E-state index is 14.0. The standard InChI is InChI=1S/C34H37N3O5S/c1-4-26(2)35-34(39)27(3)36(24-28-14-8-5-9-15-28)33(38)25-37(43(40,41)32-18-12-7-13-19-32)29-20-22-31(23-21-29)42-30-16-10-6-11-17-30/h5-23,26-27H,4,24-25H2,1-3H3,(H,35,39). The number of hydrogen-bond acceptors (Lipinski definition) is 5. The van der Waals surface area contributed by atoms with E-state index in [9.17, 15) is 18.0 Å². The maximum absolute atomic E-state index is 14.0. The molecule has 0 aliphatic rings. The van der Waals surface area contributed by atoms with E-state index in [1.54, 1.807) is 49.4 Å². The van der Waals surface area contributed by atoms with Crippen molar-refractivity contribution in [2.45, 2.75) is 50.7 Å². The highest BCUT2D eigenvalue weighted by atomic mass is 32.2. The van der Waals surface area contributed by atoms with E-state index in [1.807, 2.05) is 74.5 Å². The Morgan fingerprint density at radius 3 is 1.88 bits per heavy atom. The molecule has 43 heavy (non-hydrogen) atoms. The Morgan fingerprint density at radius 2 is 1.30 bits per heavy atom. The van der Waals surface area contributed by atoms with Crippen LogP contribution in [0.1, 0.15) is 32.8 Å². The van der Waals surface area contributed by atoms with Crippen molar-refractivity contribution in [3.63, 3.8) is 0 Å². The zero-order valence-electron chi connectivity index (χ0n) is 24.6. The summed E-state index contributed by atoms with van der Waals surface area (Å²) in [5.74, 6) is 0.332. The molecule has 8 nitrogen and oxygen atoms in total. The number of rotatable bonds is 13. The van der Waals surface area contributed by atoms with Crippen LogP contribution < -0.4 is 14.4 Å². The third kappa shape index (κ3) is 8.23. The van der Waals surface area contributed by atoms with E-state index in [0.717, 1.165) is 16.3 Å². The van der Waals surface area contributed by atoms with Gasteiger partial charge in [-0.2, -0.15) is 0 Å². The van der Waals surface area contributed by atoms with Crippen molar-refractivity contribution < 1.29 is 22.7 Å². The minimum absolute atomic E-state index is 0.0459. The van der Waals surface area contributed by atoms with Crippen LogP contribution in [-0.4, -0.2) is 43.8 Å². The third-order valence-corrected chi connectivity index (χ3v) is 8.87. The molecule has 0 aliphatic carbocycles. The number of anilines is 1. The topological polar surface area (TPSA) is 96.0 Å². The Balaban J connectivity index is 1.68. The number of ether oxygens (including phenoxy) is 1. The Labute approximate surface area is 254 Å². The van der Waals surface area contributed by atoms with Crippen LogP contribution >= 0.6 is 0 Å². The quantitative estimate of drug-likeness (QED) is 0.203. The minimum atomic E-state index is -4.15. The summed E-state index contributed by atoms with van der Waals surface area (Å²) >= 11 is 0. The molecular weight excluding hydrogens is 562 g/mol. The number of para-hydroxylation sites is 1. The second-order valence-corrected chi connectivity index (χ2v) is 12.1.